The number of piperidine rings is 1. The summed E-state index contributed by atoms with van der Waals surface area (Å²) in [6.45, 7) is 0.318. The molecule has 2 bridgehead atoms. The Balaban J connectivity index is 1.84. The lowest BCUT2D eigenvalue weighted by molar-refractivity contribution is 0.207. The van der Waals surface area contributed by atoms with Gasteiger partial charge in [0.15, 0.2) is 0 Å². The molecule has 5 heteroatoms. The molecule has 0 unspecified atom stereocenters. The lowest BCUT2D eigenvalue weighted by Crippen LogP contribution is -2.47. The smallest absolute Gasteiger partial charge is 0.264 e. The van der Waals surface area contributed by atoms with Gasteiger partial charge in [-0.25, -0.2) is 0 Å². The molecule has 0 aromatic rings. The van der Waals surface area contributed by atoms with Crippen molar-refractivity contribution in [1.82, 2.24) is 5.32 Å². The highest BCUT2D eigenvalue weighted by Gasteiger charge is 2.40. The van der Waals surface area contributed by atoms with E-state index in [1.165, 1.54) is 25.7 Å². The number of hydrogen-bond donors (Lipinski definition) is 1. The Morgan fingerprint density at radius 1 is 1.40 bits per heavy atom. The minimum absolute atomic E-state index is 0.174. The van der Waals surface area contributed by atoms with Crippen molar-refractivity contribution >= 4 is 10.1 Å². The van der Waals surface area contributed by atoms with Crippen LogP contribution in [-0.2, 0) is 14.3 Å². The molecule has 0 aromatic carbocycles. The molecule has 0 radical (unpaired) electrons. The molecule has 2 aliphatic rings. The molecule has 2 atom stereocenters. The maximum absolute atomic E-state index is 10.8. The Morgan fingerprint density at radius 3 is 2.93 bits per heavy atom. The van der Waals surface area contributed by atoms with Crippen LogP contribution in [0.3, 0.4) is 0 Å². The molecule has 0 amide bonds. The van der Waals surface area contributed by atoms with E-state index in [0.717, 1.165) is 19.1 Å². The van der Waals surface area contributed by atoms with Gasteiger partial charge in [-0.3, -0.25) is 4.18 Å². The molecule has 0 aromatic heterocycles. The summed E-state index contributed by atoms with van der Waals surface area (Å²) in [6, 6.07) is 0.664. The van der Waals surface area contributed by atoms with Crippen LogP contribution in [0.25, 0.3) is 0 Å². The van der Waals surface area contributed by atoms with Crippen LogP contribution in [0.2, 0.25) is 0 Å². The third-order valence-electron chi connectivity index (χ3n) is 3.57. The molecule has 2 rings (SSSR count). The van der Waals surface area contributed by atoms with Crippen molar-refractivity contribution in [2.75, 3.05) is 12.9 Å². The first-order valence-electron chi connectivity index (χ1n) is 5.61. The quantitative estimate of drug-likeness (QED) is 0.737. The van der Waals surface area contributed by atoms with E-state index in [4.69, 9.17) is 4.18 Å². The van der Waals surface area contributed by atoms with Crippen LogP contribution in [0.1, 0.15) is 38.5 Å². The average molecular weight is 233 g/mol. The number of rotatable bonds is 4. The van der Waals surface area contributed by atoms with Gasteiger partial charge in [-0.2, -0.15) is 8.42 Å². The van der Waals surface area contributed by atoms with Crippen LogP contribution in [-0.4, -0.2) is 32.9 Å². The summed E-state index contributed by atoms with van der Waals surface area (Å²) in [6.07, 6.45) is 8.03. The summed E-state index contributed by atoms with van der Waals surface area (Å²) in [5.41, 5.74) is 0.174. The summed E-state index contributed by atoms with van der Waals surface area (Å²) < 4.78 is 26.5. The molecule has 0 saturated carbocycles. The summed E-state index contributed by atoms with van der Waals surface area (Å²) >= 11 is 0. The monoisotopic (exact) mass is 233 g/mol. The molecule has 4 nitrogen and oxygen atoms in total. The van der Waals surface area contributed by atoms with Crippen molar-refractivity contribution in [3.8, 4) is 0 Å². The highest BCUT2D eigenvalue weighted by Crippen LogP contribution is 2.37. The Morgan fingerprint density at radius 2 is 2.20 bits per heavy atom. The zero-order valence-electron chi connectivity index (χ0n) is 9.16. The zero-order valence-corrected chi connectivity index (χ0v) is 9.98. The van der Waals surface area contributed by atoms with Crippen LogP contribution in [0, 0.1) is 0 Å². The van der Waals surface area contributed by atoms with Crippen molar-refractivity contribution in [2.45, 2.75) is 50.1 Å². The first-order valence-corrected chi connectivity index (χ1v) is 7.43. The Hall–Kier alpha value is -0.130. The van der Waals surface area contributed by atoms with Gasteiger partial charge < -0.3 is 5.32 Å². The van der Waals surface area contributed by atoms with Crippen molar-refractivity contribution < 1.29 is 12.6 Å². The van der Waals surface area contributed by atoms with Crippen molar-refractivity contribution in [3.05, 3.63) is 0 Å². The van der Waals surface area contributed by atoms with E-state index >= 15 is 0 Å². The molecule has 88 valence electrons. The minimum Gasteiger partial charge on any atom is -0.308 e. The fraction of sp³-hybridized carbons (Fsp3) is 1.00. The van der Waals surface area contributed by atoms with Crippen LogP contribution >= 0.6 is 0 Å². The van der Waals surface area contributed by atoms with Crippen LogP contribution < -0.4 is 5.32 Å². The van der Waals surface area contributed by atoms with Gasteiger partial charge in [0.2, 0.25) is 0 Å². The van der Waals surface area contributed by atoms with Gasteiger partial charge in [0.05, 0.1) is 12.9 Å². The predicted octanol–water partition coefficient (Wildman–Crippen LogP) is 1.03. The highest BCUT2D eigenvalue weighted by atomic mass is 32.2. The molecule has 0 aliphatic carbocycles. The van der Waals surface area contributed by atoms with E-state index in [9.17, 15) is 8.42 Å². The standard InChI is InChI=1S/C10H19NO3S/c1-15(12,13)14-8-7-10-5-2-3-9(11-10)4-6-10/h9,11H,2-8H2,1H3/t9-,10+/m1/s1. The summed E-state index contributed by atoms with van der Waals surface area (Å²) in [5.74, 6) is 0. The van der Waals surface area contributed by atoms with Crippen molar-refractivity contribution in [2.24, 2.45) is 0 Å². The van der Waals surface area contributed by atoms with Crippen LogP contribution in [0.5, 0.6) is 0 Å². The van der Waals surface area contributed by atoms with Gasteiger partial charge in [0.1, 0.15) is 0 Å². The Bertz CT molecular complexity index is 324. The van der Waals surface area contributed by atoms with Crippen molar-refractivity contribution in [1.29, 1.82) is 0 Å². The molecule has 2 heterocycles. The lowest BCUT2D eigenvalue weighted by atomic mass is 9.88. The van der Waals surface area contributed by atoms with Gasteiger partial charge in [0.25, 0.3) is 10.1 Å². The van der Waals surface area contributed by atoms with Gasteiger partial charge >= 0.3 is 0 Å². The van der Waals surface area contributed by atoms with Gasteiger partial charge in [-0.05, 0) is 32.1 Å². The largest absolute Gasteiger partial charge is 0.308 e. The summed E-state index contributed by atoms with van der Waals surface area (Å²) in [5, 5.41) is 3.62. The topological polar surface area (TPSA) is 55.4 Å². The predicted molar refractivity (Wildman–Crippen MR) is 58.2 cm³/mol. The van der Waals surface area contributed by atoms with Gasteiger partial charge in [0, 0.05) is 11.6 Å². The molecule has 15 heavy (non-hydrogen) atoms. The molecule has 1 N–H and O–H groups in total. The van der Waals surface area contributed by atoms with E-state index in [1.807, 2.05) is 0 Å². The summed E-state index contributed by atoms with van der Waals surface area (Å²) in [7, 11) is -3.27. The fourth-order valence-electron chi connectivity index (χ4n) is 2.84. The van der Waals surface area contributed by atoms with Crippen molar-refractivity contribution in [3.63, 3.8) is 0 Å². The second-order valence-corrected chi connectivity index (χ2v) is 6.47. The zero-order chi connectivity index (χ0) is 10.9. The SMILES string of the molecule is CS(=O)(=O)OCC[C@]12CCC[C@H](CC1)N2. The highest BCUT2D eigenvalue weighted by molar-refractivity contribution is 7.85. The Labute approximate surface area is 91.5 Å². The lowest BCUT2D eigenvalue weighted by Gasteiger charge is -2.34. The second-order valence-electron chi connectivity index (χ2n) is 4.83. The normalized spacial score (nSPS) is 35.7. The number of hydrogen-bond acceptors (Lipinski definition) is 4. The molecule has 2 fully saturated rings. The van der Waals surface area contributed by atoms with Gasteiger partial charge in [-0.15, -0.1) is 0 Å². The van der Waals surface area contributed by atoms with E-state index in [2.05, 4.69) is 5.32 Å². The van der Waals surface area contributed by atoms with E-state index in [-0.39, 0.29) is 5.54 Å². The second kappa shape index (κ2) is 4.03. The maximum atomic E-state index is 10.8. The number of fused-ring (bicyclic) bond motifs is 2. The minimum atomic E-state index is -3.27. The maximum Gasteiger partial charge on any atom is 0.264 e. The third kappa shape index (κ3) is 2.92. The molecular weight excluding hydrogens is 214 g/mol. The Kier molecular flexibility index (Phi) is 3.05. The molecule has 0 spiro atoms. The molecule has 2 saturated heterocycles. The first kappa shape index (κ1) is 11.4. The third-order valence-corrected chi connectivity index (χ3v) is 4.16. The van der Waals surface area contributed by atoms with Crippen LogP contribution in [0.15, 0.2) is 0 Å². The van der Waals surface area contributed by atoms with Crippen LogP contribution in [0.4, 0.5) is 0 Å². The molecule has 2 aliphatic heterocycles. The average Bonchev–Trinajstić information content (AvgIpc) is 2.40. The van der Waals surface area contributed by atoms with E-state index < -0.39 is 10.1 Å². The van der Waals surface area contributed by atoms with E-state index in [1.54, 1.807) is 0 Å². The molecular formula is C10H19NO3S. The first-order chi connectivity index (χ1) is 6.99. The van der Waals surface area contributed by atoms with Gasteiger partial charge in [-0.1, -0.05) is 6.42 Å². The fourth-order valence-corrected chi connectivity index (χ4v) is 3.23. The number of nitrogens with one attached hydrogen (secondary N) is 1. The van der Waals surface area contributed by atoms with E-state index in [0.29, 0.717) is 12.6 Å². The summed E-state index contributed by atoms with van der Waals surface area (Å²) in [4.78, 5) is 0.